The van der Waals surface area contributed by atoms with Gasteiger partial charge < -0.3 is 25.8 Å². The highest BCUT2D eigenvalue weighted by molar-refractivity contribution is 5.92. The minimum atomic E-state index is -0.243. The molecule has 0 fully saturated rings. The zero-order valence-electron chi connectivity index (χ0n) is 17.0. The summed E-state index contributed by atoms with van der Waals surface area (Å²) in [4.78, 5) is 20.4. The highest BCUT2D eigenvalue weighted by atomic mass is 16.5. The maximum absolute atomic E-state index is 11.5. The molecule has 4 N–H and O–H groups in total. The lowest BCUT2D eigenvalue weighted by Crippen LogP contribution is -2.21. The molecule has 156 valence electrons. The third-order valence-electron chi connectivity index (χ3n) is 4.43. The van der Waals surface area contributed by atoms with Crippen molar-refractivity contribution in [3.8, 4) is 22.8 Å². The molecule has 1 amide bonds. The Hall–Kier alpha value is -3.65. The molecular formula is C22H25N5O3. The smallest absolute Gasteiger partial charge is 0.238 e. The standard InChI is InChI=1S/C22H25N5O3/c1-29-19-7-6-15(12-20(19)30-2)8-10-24-22-25-11-9-18(27-22)16-4-3-5-17(13-16)26-21(28)14-23/h3-7,9,11-13H,8,10,14,23H2,1-2H3,(H,26,28)(H,24,25,27). The van der Waals surface area contributed by atoms with Crippen LogP contribution in [0.2, 0.25) is 0 Å². The topological polar surface area (TPSA) is 111 Å². The molecule has 0 atom stereocenters. The number of carbonyl (C=O) groups is 1. The Morgan fingerprint density at radius 3 is 2.67 bits per heavy atom. The number of amides is 1. The third kappa shape index (κ3) is 5.45. The number of ether oxygens (including phenoxy) is 2. The number of nitrogens with one attached hydrogen (secondary N) is 2. The molecule has 1 aromatic heterocycles. The molecule has 30 heavy (non-hydrogen) atoms. The number of anilines is 2. The molecule has 0 aliphatic rings. The van der Waals surface area contributed by atoms with E-state index in [-0.39, 0.29) is 12.5 Å². The molecule has 8 heteroatoms. The van der Waals surface area contributed by atoms with Crippen molar-refractivity contribution >= 4 is 17.5 Å². The van der Waals surface area contributed by atoms with E-state index in [9.17, 15) is 4.79 Å². The summed E-state index contributed by atoms with van der Waals surface area (Å²) >= 11 is 0. The van der Waals surface area contributed by atoms with E-state index in [0.29, 0.717) is 29.7 Å². The highest BCUT2D eigenvalue weighted by Crippen LogP contribution is 2.27. The van der Waals surface area contributed by atoms with Crippen molar-refractivity contribution in [1.29, 1.82) is 0 Å². The lowest BCUT2D eigenvalue weighted by Gasteiger charge is -2.10. The molecule has 8 nitrogen and oxygen atoms in total. The fourth-order valence-electron chi connectivity index (χ4n) is 2.93. The predicted molar refractivity (Wildman–Crippen MR) is 117 cm³/mol. The largest absolute Gasteiger partial charge is 0.493 e. The third-order valence-corrected chi connectivity index (χ3v) is 4.43. The molecule has 0 aliphatic heterocycles. The summed E-state index contributed by atoms with van der Waals surface area (Å²) in [7, 11) is 3.24. The number of benzene rings is 2. The van der Waals surface area contributed by atoms with E-state index in [1.807, 2.05) is 42.5 Å². The second kappa shape index (κ2) is 10.2. The summed E-state index contributed by atoms with van der Waals surface area (Å²) < 4.78 is 10.6. The summed E-state index contributed by atoms with van der Waals surface area (Å²) in [5.41, 5.74) is 8.76. The van der Waals surface area contributed by atoms with Crippen molar-refractivity contribution in [3.05, 3.63) is 60.3 Å². The number of nitrogens with zero attached hydrogens (tertiary/aromatic N) is 2. The van der Waals surface area contributed by atoms with Crippen LogP contribution in [0.3, 0.4) is 0 Å². The van der Waals surface area contributed by atoms with Crippen LogP contribution in [0.25, 0.3) is 11.3 Å². The summed E-state index contributed by atoms with van der Waals surface area (Å²) in [5.74, 6) is 1.70. The molecule has 0 spiro atoms. The zero-order chi connectivity index (χ0) is 21.3. The van der Waals surface area contributed by atoms with Crippen molar-refractivity contribution < 1.29 is 14.3 Å². The Kier molecular flexibility index (Phi) is 7.18. The average molecular weight is 407 g/mol. The van der Waals surface area contributed by atoms with Gasteiger partial charge in [0.05, 0.1) is 26.5 Å². The number of methoxy groups -OCH3 is 2. The number of carbonyl (C=O) groups excluding carboxylic acids is 1. The van der Waals surface area contributed by atoms with Gasteiger partial charge in [0.2, 0.25) is 11.9 Å². The highest BCUT2D eigenvalue weighted by Gasteiger charge is 2.07. The monoisotopic (exact) mass is 407 g/mol. The van der Waals surface area contributed by atoms with Crippen LogP contribution >= 0.6 is 0 Å². The van der Waals surface area contributed by atoms with Gasteiger partial charge in [0, 0.05) is 24.0 Å². The van der Waals surface area contributed by atoms with Gasteiger partial charge in [0.1, 0.15) is 0 Å². The molecule has 0 bridgehead atoms. The lowest BCUT2D eigenvalue weighted by molar-refractivity contribution is -0.114. The van der Waals surface area contributed by atoms with E-state index in [1.165, 1.54) is 0 Å². The van der Waals surface area contributed by atoms with E-state index >= 15 is 0 Å². The van der Waals surface area contributed by atoms with Gasteiger partial charge in [0.25, 0.3) is 0 Å². The normalized spacial score (nSPS) is 10.4. The SMILES string of the molecule is COc1ccc(CCNc2nccc(-c3cccc(NC(=O)CN)c3)n2)cc1OC. The van der Waals surface area contributed by atoms with Gasteiger partial charge in [0.15, 0.2) is 11.5 Å². The van der Waals surface area contributed by atoms with Crippen molar-refractivity contribution in [2.45, 2.75) is 6.42 Å². The first-order valence-corrected chi connectivity index (χ1v) is 9.51. The first kappa shape index (κ1) is 21.1. The minimum absolute atomic E-state index is 0.0636. The second-order valence-electron chi connectivity index (χ2n) is 6.46. The molecule has 0 unspecified atom stereocenters. The molecule has 3 rings (SSSR count). The summed E-state index contributed by atoms with van der Waals surface area (Å²) in [6.07, 6.45) is 2.47. The van der Waals surface area contributed by atoms with Crippen LogP contribution < -0.4 is 25.8 Å². The van der Waals surface area contributed by atoms with E-state index < -0.39 is 0 Å². The average Bonchev–Trinajstić information content (AvgIpc) is 2.79. The molecule has 0 saturated heterocycles. The second-order valence-corrected chi connectivity index (χ2v) is 6.46. The Bertz CT molecular complexity index is 1010. The summed E-state index contributed by atoms with van der Waals surface area (Å²) in [5, 5.41) is 5.99. The number of hydrogen-bond acceptors (Lipinski definition) is 7. The zero-order valence-corrected chi connectivity index (χ0v) is 17.0. The van der Waals surface area contributed by atoms with Crippen LogP contribution in [0.5, 0.6) is 11.5 Å². The summed E-state index contributed by atoms with van der Waals surface area (Å²) in [6.45, 7) is 0.595. The van der Waals surface area contributed by atoms with Crippen molar-refractivity contribution in [1.82, 2.24) is 9.97 Å². The molecule has 0 aliphatic carbocycles. The van der Waals surface area contributed by atoms with Gasteiger partial charge in [-0.2, -0.15) is 0 Å². The fraction of sp³-hybridized carbons (Fsp3) is 0.227. The van der Waals surface area contributed by atoms with Crippen molar-refractivity contribution in [2.75, 3.05) is 37.9 Å². The Morgan fingerprint density at radius 1 is 1.07 bits per heavy atom. The number of rotatable bonds is 9. The van der Waals surface area contributed by atoms with Crippen LogP contribution in [-0.2, 0) is 11.2 Å². The Labute approximate surface area is 175 Å². The van der Waals surface area contributed by atoms with Crippen molar-refractivity contribution in [2.24, 2.45) is 5.73 Å². The number of aromatic nitrogens is 2. The molecular weight excluding hydrogens is 382 g/mol. The van der Waals surface area contributed by atoms with Gasteiger partial charge in [-0.15, -0.1) is 0 Å². The van der Waals surface area contributed by atoms with Crippen LogP contribution in [0, 0.1) is 0 Å². The van der Waals surface area contributed by atoms with Gasteiger partial charge in [-0.1, -0.05) is 18.2 Å². The van der Waals surface area contributed by atoms with Gasteiger partial charge in [-0.25, -0.2) is 9.97 Å². The molecule has 0 saturated carbocycles. The maximum atomic E-state index is 11.5. The van der Waals surface area contributed by atoms with Gasteiger partial charge in [-0.3, -0.25) is 4.79 Å². The van der Waals surface area contributed by atoms with Crippen LogP contribution in [0.15, 0.2) is 54.7 Å². The van der Waals surface area contributed by atoms with E-state index in [4.69, 9.17) is 15.2 Å². The lowest BCUT2D eigenvalue weighted by atomic mass is 10.1. The molecule has 0 radical (unpaired) electrons. The minimum Gasteiger partial charge on any atom is -0.493 e. The van der Waals surface area contributed by atoms with E-state index in [0.717, 1.165) is 23.2 Å². The van der Waals surface area contributed by atoms with Crippen LogP contribution in [-0.4, -0.2) is 43.2 Å². The quantitative estimate of drug-likeness (QED) is 0.500. The molecule has 3 aromatic rings. The fourth-order valence-corrected chi connectivity index (χ4v) is 2.93. The first-order valence-electron chi connectivity index (χ1n) is 9.51. The molecule has 1 heterocycles. The van der Waals surface area contributed by atoms with Gasteiger partial charge >= 0.3 is 0 Å². The number of hydrogen-bond donors (Lipinski definition) is 3. The summed E-state index contributed by atoms with van der Waals surface area (Å²) in [6, 6.07) is 15.1. The van der Waals surface area contributed by atoms with Crippen LogP contribution in [0.4, 0.5) is 11.6 Å². The Balaban J connectivity index is 1.65. The van der Waals surface area contributed by atoms with Crippen molar-refractivity contribution in [3.63, 3.8) is 0 Å². The van der Waals surface area contributed by atoms with Crippen LogP contribution in [0.1, 0.15) is 5.56 Å². The molecule has 2 aromatic carbocycles. The number of nitrogens with two attached hydrogens (primary N) is 1. The Morgan fingerprint density at radius 2 is 1.90 bits per heavy atom. The first-order chi connectivity index (χ1) is 14.6. The van der Waals surface area contributed by atoms with E-state index in [2.05, 4.69) is 20.6 Å². The van der Waals surface area contributed by atoms with E-state index in [1.54, 1.807) is 26.5 Å². The van der Waals surface area contributed by atoms with Gasteiger partial charge in [-0.05, 0) is 42.3 Å². The maximum Gasteiger partial charge on any atom is 0.238 e. The predicted octanol–water partition coefficient (Wildman–Crippen LogP) is 2.71.